The molecule has 1 saturated carbocycles. The van der Waals surface area contributed by atoms with Gasteiger partial charge in [-0.1, -0.05) is 36.4 Å². The minimum atomic E-state index is 0.668. The molecule has 0 amide bonds. The molecule has 0 unspecified atom stereocenters. The highest BCUT2D eigenvalue weighted by Crippen LogP contribution is 2.32. The molecule has 0 radical (unpaired) electrons. The first-order valence-electron chi connectivity index (χ1n) is 6.54. The maximum atomic E-state index is 3.63. The van der Waals surface area contributed by atoms with Gasteiger partial charge in [-0.3, -0.25) is 0 Å². The summed E-state index contributed by atoms with van der Waals surface area (Å²) in [5, 5.41) is 6.29. The lowest BCUT2D eigenvalue weighted by molar-refractivity contribution is 0.496. The van der Waals surface area contributed by atoms with Crippen molar-refractivity contribution in [3.05, 3.63) is 48.0 Å². The van der Waals surface area contributed by atoms with E-state index in [1.54, 1.807) is 0 Å². The third-order valence-corrected chi connectivity index (χ3v) is 3.77. The van der Waals surface area contributed by atoms with Gasteiger partial charge in [0.2, 0.25) is 0 Å². The van der Waals surface area contributed by atoms with E-state index in [-0.39, 0.29) is 0 Å². The van der Waals surface area contributed by atoms with E-state index in [0.29, 0.717) is 6.04 Å². The lowest BCUT2D eigenvalue weighted by Gasteiger charge is -2.12. The lowest BCUT2D eigenvalue weighted by Crippen LogP contribution is -2.27. The summed E-state index contributed by atoms with van der Waals surface area (Å²) in [6.45, 7) is 3.29. The van der Waals surface area contributed by atoms with E-state index in [4.69, 9.17) is 0 Å². The van der Waals surface area contributed by atoms with Gasteiger partial charge in [0.25, 0.3) is 0 Å². The summed E-state index contributed by atoms with van der Waals surface area (Å²) in [5.41, 5.74) is 1.39. The van der Waals surface area contributed by atoms with Gasteiger partial charge >= 0.3 is 0 Å². The number of nitrogens with one attached hydrogen (secondary N) is 1. The van der Waals surface area contributed by atoms with E-state index < -0.39 is 0 Å². The molecule has 2 aromatic carbocycles. The zero-order valence-corrected chi connectivity index (χ0v) is 10.3. The summed E-state index contributed by atoms with van der Waals surface area (Å²) in [5.74, 6) is 0.926. The van der Waals surface area contributed by atoms with Crippen molar-refractivity contribution in [3.8, 4) is 0 Å². The molecule has 0 heterocycles. The maximum Gasteiger partial charge on any atom is 0.0208 e. The summed E-state index contributed by atoms with van der Waals surface area (Å²) in [4.78, 5) is 0. The molecule has 1 aliphatic carbocycles. The van der Waals surface area contributed by atoms with Crippen LogP contribution in [0.2, 0.25) is 0 Å². The third-order valence-electron chi connectivity index (χ3n) is 3.77. The van der Waals surface area contributed by atoms with Gasteiger partial charge in [0.05, 0.1) is 0 Å². The van der Waals surface area contributed by atoms with Crippen molar-refractivity contribution in [2.24, 2.45) is 5.92 Å². The summed E-state index contributed by atoms with van der Waals surface area (Å²) in [6.07, 6.45) is 2.82. The fraction of sp³-hybridized carbons (Fsp3) is 0.375. The average molecular weight is 225 g/mol. The number of rotatable bonds is 4. The highest BCUT2D eigenvalue weighted by Gasteiger charge is 2.27. The van der Waals surface area contributed by atoms with Gasteiger partial charge in [0.15, 0.2) is 0 Å². The molecule has 0 aromatic heterocycles. The highest BCUT2D eigenvalue weighted by atomic mass is 14.9. The molecule has 3 rings (SSSR count). The third kappa shape index (κ3) is 2.50. The van der Waals surface area contributed by atoms with Crippen molar-refractivity contribution in [3.63, 3.8) is 0 Å². The summed E-state index contributed by atoms with van der Waals surface area (Å²) in [7, 11) is 0. The van der Waals surface area contributed by atoms with E-state index in [1.807, 2.05) is 0 Å². The maximum absolute atomic E-state index is 3.63. The second kappa shape index (κ2) is 4.50. The predicted molar refractivity (Wildman–Crippen MR) is 73.0 cm³/mol. The van der Waals surface area contributed by atoms with Crippen LogP contribution in [-0.4, -0.2) is 6.04 Å². The van der Waals surface area contributed by atoms with Crippen molar-refractivity contribution >= 4 is 10.8 Å². The fourth-order valence-electron chi connectivity index (χ4n) is 2.39. The van der Waals surface area contributed by atoms with Crippen molar-refractivity contribution in [2.45, 2.75) is 32.4 Å². The Kier molecular flexibility index (Phi) is 2.86. The van der Waals surface area contributed by atoms with Crippen LogP contribution in [0.5, 0.6) is 0 Å². The van der Waals surface area contributed by atoms with Crippen molar-refractivity contribution in [1.82, 2.24) is 5.32 Å². The molecule has 1 nitrogen and oxygen atoms in total. The van der Waals surface area contributed by atoms with Gasteiger partial charge in [-0.15, -0.1) is 0 Å². The monoisotopic (exact) mass is 225 g/mol. The lowest BCUT2D eigenvalue weighted by atomic mass is 10.1. The first kappa shape index (κ1) is 10.8. The highest BCUT2D eigenvalue weighted by molar-refractivity contribution is 5.82. The topological polar surface area (TPSA) is 12.0 Å². The van der Waals surface area contributed by atoms with Crippen LogP contribution in [0.4, 0.5) is 0 Å². The first-order valence-corrected chi connectivity index (χ1v) is 6.54. The van der Waals surface area contributed by atoms with Gasteiger partial charge in [0.1, 0.15) is 0 Å². The Hall–Kier alpha value is -1.34. The molecule has 0 spiro atoms. The van der Waals surface area contributed by atoms with Crippen molar-refractivity contribution < 1.29 is 0 Å². The van der Waals surface area contributed by atoms with Crippen LogP contribution in [0.1, 0.15) is 25.3 Å². The molecular weight excluding hydrogens is 206 g/mol. The molecule has 17 heavy (non-hydrogen) atoms. The van der Waals surface area contributed by atoms with Crippen LogP contribution in [0, 0.1) is 5.92 Å². The largest absolute Gasteiger partial charge is 0.310 e. The Morgan fingerprint density at radius 1 is 1.12 bits per heavy atom. The zero-order chi connectivity index (χ0) is 11.7. The Bertz CT molecular complexity index is 514. The van der Waals surface area contributed by atoms with Crippen LogP contribution in [0.15, 0.2) is 42.5 Å². The summed E-state index contributed by atoms with van der Waals surface area (Å²) < 4.78 is 0. The quantitative estimate of drug-likeness (QED) is 0.836. The fourth-order valence-corrected chi connectivity index (χ4v) is 2.39. The Balaban J connectivity index is 1.71. The van der Waals surface area contributed by atoms with Crippen LogP contribution in [-0.2, 0) is 6.54 Å². The van der Waals surface area contributed by atoms with Crippen LogP contribution < -0.4 is 5.32 Å². The Morgan fingerprint density at radius 2 is 1.88 bits per heavy atom. The van der Waals surface area contributed by atoms with Crippen LogP contribution in [0.25, 0.3) is 10.8 Å². The van der Waals surface area contributed by atoms with Crippen LogP contribution >= 0.6 is 0 Å². The predicted octanol–water partition coefficient (Wildman–Crippen LogP) is 3.73. The SMILES string of the molecule is C[C@H](NCc1ccc2ccccc2c1)C1CC1. The first-order chi connectivity index (χ1) is 8.33. The molecule has 1 aliphatic rings. The normalized spacial score (nSPS) is 17.2. The average Bonchev–Trinajstić information content (AvgIpc) is 3.20. The molecule has 0 saturated heterocycles. The molecule has 1 atom stereocenters. The molecule has 88 valence electrons. The Labute approximate surface area is 103 Å². The van der Waals surface area contributed by atoms with Gasteiger partial charge in [-0.05, 0) is 48.1 Å². The second-order valence-corrected chi connectivity index (χ2v) is 5.19. The van der Waals surface area contributed by atoms with Gasteiger partial charge in [-0.2, -0.15) is 0 Å². The standard InChI is InChI=1S/C16H19N/c1-12(14-8-9-14)17-11-13-6-7-15-4-2-3-5-16(15)10-13/h2-7,10,12,14,17H,8-9,11H2,1H3/t12-/m0/s1. The zero-order valence-electron chi connectivity index (χ0n) is 10.3. The molecule has 1 fully saturated rings. The van der Waals surface area contributed by atoms with E-state index in [9.17, 15) is 0 Å². The molecule has 1 N–H and O–H groups in total. The smallest absolute Gasteiger partial charge is 0.0208 e. The number of benzene rings is 2. The summed E-state index contributed by atoms with van der Waals surface area (Å²) >= 11 is 0. The molecule has 0 bridgehead atoms. The number of hydrogen-bond acceptors (Lipinski definition) is 1. The minimum absolute atomic E-state index is 0.668. The summed E-state index contributed by atoms with van der Waals surface area (Å²) in [6, 6.07) is 16.0. The van der Waals surface area contributed by atoms with Gasteiger partial charge in [0, 0.05) is 12.6 Å². The Morgan fingerprint density at radius 3 is 2.65 bits per heavy atom. The van der Waals surface area contributed by atoms with E-state index in [2.05, 4.69) is 54.7 Å². The van der Waals surface area contributed by atoms with E-state index in [1.165, 1.54) is 29.2 Å². The second-order valence-electron chi connectivity index (χ2n) is 5.19. The molecule has 1 heteroatoms. The number of hydrogen-bond donors (Lipinski definition) is 1. The molecular formula is C16H19N. The molecule has 0 aliphatic heterocycles. The van der Waals surface area contributed by atoms with Crippen molar-refractivity contribution in [1.29, 1.82) is 0 Å². The van der Waals surface area contributed by atoms with Gasteiger partial charge < -0.3 is 5.32 Å². The van der Waals surface area contributed by atoms with Crippen LogP contribution in [0.3, 0.4) is 0 Å². The number of fused-ring (bicyclic) bond motifs is 1. The van der Waals surface area contributed by atoms with Crippen molar-refractivity contribution in [2.75, 3.05) is 0 Å². The van der Waals surface area contributed by atoms with Gasteiger partial charge in [-0.25, -0.2) is 0 Å². The van der Waals surface area contributed by atoms with E-state index in [0.717, 1.165) is 12.5 Å². The minimum Gasteiger partial charge on any atom is -0.310 e. The molecule has 2 aromatic rings. The van der Waals surface area contributed by atoms with E-state index >= 15 is 0 Å².